The highest BCUT2D eigenvalue weighted by atomic mass is 16.2. The molecule has 1 aromatic heterocycles. The molecule has 6 heteroatoms. The number of hydrogen-bond acceptors (Lipinski definition) is 4. The van der Waals surface area contributed by atoms with Crippen LogP contribution in [-0.4, -0.2) is 66.3 Å². The quantitative estimate of drug-likeness (QED) is 0.785. The molecule has 154 valence electrons. The first-order chi connectivity index (χ1) is 14.0. The molecule has 2 unspecified atom stereocenters. The molecule has 2 saturated heterocycles. The second kappa shape index (κ2) is 8.49. The second-order valence-corrected chi connectivity index (χ2v) is 8.76. The standard InChI is InChI=1S/C23H31N5O/c1-16-12-18(20-6-5-17(13-24)22-21(20)4-3-9-25-22)15-28(14-16)23(29)26-19-7-10-27(2)11-8-19/h3-6,9,13,16,18-19,24H,7-8,10-12,14-15H2,1-2H3,(H,26,29). The van der Waals surface area contributed by atoms with Gasteiger partial charge in [-0.25, -0.2) is 4.79 Å². The molecule has 1 aromatic carbocycles. The summed E-state index contributed by atoms with van der Waals surface area (Å²) in [5, 5.41) is 12.0. The van der Waals surface area contributed by atoms with Crippen molar-refractivity contribution in [2.24, 2.45) is 5.92 Å². The van der Waals surface area contributed by atoms with E-state index in [1.807, 2.05) is 17.0 Å². The molecule has 0 spiro atoms. The van der Waals surface area contributed by atoms with Crippen molar-refractivity contribution in [3.05, 3.63) is 41.6 Å². The Balaban J connectivity index is 1.53. The van der Waals surface area contributed by atoms with Gasteiger partial charge in [-0.3, -0.25) is 4.98 Å². The monoisotopic (exact) mass is 393 g/mol. The molecule has 0 aliphatic carbocycles. The van der Waals surface area contributed by atoms with Gasteiger partial charge < -0.3 is 20.5 Å². The largest absolute Gasteiger partial charge is 0.335 e. The first-order valence-electron chi connectivity index (χ1n) is 10.7. The Morgan fingerprint density at radius 3 is 2.79 bits per heavy atom. The number of aromatic nitrogens is 1. The van der Waals surface area contributed by atoms with Crippen LogP contribution in [0.4, 0.5) is 4.79 Å². The van der Waals surface area contributed by atoms with Crippen molar-refractivity contribution in [1.82, 2.24) is 20.1 Å². The summed E-state index contributed by atoms with van der Waals surface area (Å²) >= 11 is 0. The molecule has 2 fully saturated rings. The molecular weight excluding hydrogens is 362 g/mol. The average molecular weight is 394 g/mol. The molecule has 2 amide bonds. The molecule has 2 atom stereocenters. The number of carbonyl (C=O) groups excluding carboxylic acids is 1. The van der Waals surface area contributed by atoms with Crippen molar-refractivity contribution in [3.8, 4) is 0 Å². The topological polar surface area (TPSA) is 72.3 Å². The van der Waals surface area contributed by atoms with Crippen LogP contribution in [0.2, 0.25) is 0 Å². The summed E-state index contributed by atoms with van der Waals surface area (Å²) in [6.45, 7) is 5.86. The summed E-state index contributed by atoms with van der Waals surface area (Å²) < 4.78 is 0. The van der Waals surface area contributed by atoms with Gasteiger partial charge in [0.15, 0.2) is 0 Å². The van der Waals surface area contributed by atoms with Crippen molar-refractivity contribution in [2.75, 3.05) is 33.2 Å². The molecule has 2 N–H and O–H groups in total. The number of urea groups is 1. The third kappa shape index (κ3) is 4.27. The molecule has 3 heterocycles. The number of hydrogen-bond donors (Lipinski definition) is 2. The van der Waals surface area contributed by atoms with Crippen LogP contribution in [-0.2, 0) is 0 Å². The van der Waals surface area contributed by atoms with E-state index >= 15 is 0 Å². The maximum atomic E-state index is 13.0. The maximum Gasteiger partial charge on any atom is 0.317 e. The second-order valence-electron chi connectivity index (χ2n) is 8.76. The predicted molar refractivity (Wildman–Crippen MR) is 117 cm³/mol. The number of carbonyl (C=O) groups is 1. The van der Waals surface area contributed by atoms with Crippen LogP contribution in [0.15, 0.2) is 30.5 Å². The highest BCUT2D eigenvalue weighted by Crippen LogP contribution is 2.34. The van der Waals surface area contributed by atoms with E-state index in [2.05, 4.69) is 41.3 Å². The Labute approximate surface area is 172 Å². The third-order valence-electron chi connectivity index (χ3n) is 6.42. The van der Waals surface area contributed by atoms with Gasteiger partial charge in [0, 0.05) is 48.4 Å². The molecular formula is C23H31N5O. The lowest BCUT2D eigenvalue weighted by Crippen LogP contribution is -2.52. The summed E-state index contributed by atoms with van der Waals surface area (Å²) in [6, 6.07) is 8.52. The minimum absolute atomic E-state index is 0.0784. The van der Waals surface area contributed by atoms with Gasteiger partial charge >= 0.3 is 6.03 Å². The van der Waals surface area contributed by atoms with E-state index in [0.29, 0.717) is 5.92 Å². The minimum atomic E-state index is 0.0784. The first-order valence-corrected chi connectivity index (χ1v) is 10.7. The molecule has 4 rings (SSSR count). The fourth-order valence-electron chi connectivity index (χ4n) is 4.85. The SMILES string of the molecule is CC1CC(c2ccc(C=N)c3ncccc23)CN(C(=O)NC2CCN(C)CC2)C1. The number of likely N-dealkylation sites (tertiary alicyclic amines) is 2. The van der Waals surface area contributed by atoms with Gasteiger partial charge in [0.2, 0.25) is 0 Å². The minimum Gasteiger partial charge on any atom is -0.335 e. The van der Waals surface area contributed by atoms with E-state index in [9.17, 15) is 4.79 Å². The number of nitrogens with one attached hydrogen (secondary N) is 2. The van der Waals surface area contributed by atoms with Gasteiger partial charge in [-0.15, -0.1) is 0 Å². The summed E-state index contributed by atoms with van der Waals surface area (Å²) in [6.07, 6.45) is 6.26. The summed E-state index contributed by atoms with van der Waals surface area (Å²) in [5.41, 5.74) is 2.95. The van der Waals surface area contributed by atoms with Crippen LogP contribution >= 0.6 is 0 Å². The summed E-state index contributed by atoms with van der Waals surface area (Å²) in [5.74, 6) is 0.736. The third-order valence-corrected chi connectivity index (χ3v) is 6.42. The normalized spacial score (nSPS) is 23.9. The highest BCUT2D eigenvalue weighted by molar-refractivity contribution is 5.98. The molecule has 29 heavy (non-hydrogen) atoms. The highest BCUT2D eigenvalue weighted by Gasteiger charge is 2.31. The van der Waals surface area contributed by atoms with E-state index < -0.39 is 0 Å². The van der Waals surface area contributed by atoms with Crippen LogP contribution < -0.4 is 5.32 Å². The summed E-state index contributed by atoms with van der Waals surface area (Å²) in [4.78, 5) is 21.8. The molecule has 2 aliphatic heterocycles. The van der Waals surface area contributed by atoms with Crippen LogP contribution in [0.25, 0.3) is 10.9 Å². The van der Waals surface area contributed by atoms with Crippen molar-refractivity contribution in [3.63, 3.8) is 0 Å². The van der Waals surface area contributed by atoms with Crippen LogP contribution in [0.5, 0.6) is 0 Å². The molecule has 2 aliphatic rings. The number of amides is 2. The smallest absolute Gasteiger partial charge is 0.317 e. The Hall–Kier alpha value is -2.47. The Kier molecular flexibility index (Phi) is 5.81. The number of piperidine rings is 2. The fraction of sp³-hybridized carbons (Fsp3) is 0.522. The zero-order chi connectivity index (χ0) is 20.4. The van der Waals surface area contributed by atoms with Gasteiger partial charge in [0.25, 0.3) is 0 Å². The lowest BCUT2D eigenvalue weighted by molar-refractivity contribution is 0.150. The summed E-state index contributed by atoms with van der Waals surface area (Å²) in [7, 11) is 2.14. The van der Waals surface area contributed by atoms with Crippen LogP contribution in [0, 0.1) is 11.3 Å². The van der Waals surface area contributed by atoms with Crippen molar-refractivity contribution in [1.29, 1.82) is 5.41 Å². The van der Waals surface area contributed by atoms with E-state index in [4.69, 9.17) is 5.41 Å². The number of pyridine rings is 1. The van der Waals surface area contributed by atoms with Gasteiger partial charge in [0.1, 0.15) is 0 Å². The zero-order valence-electron chi connectivity index (χ0n) is 17.4. The first kappa shape index (κ1) is 19.8. The number of rotatable bonds is 3. The number of fused-ring (bicyclic) bond motifs is 1. The molecule has 6 nitrogen and oxygen atoms in total. The van der Waals surface area contributed by atoms with Gasteiger partial charge in [-0.2, -0.15) is 0 Å². The Bertz CT molecular complexity index is 890. The van der Waals surface area contributed by atoms with Crippen molar-refractivity contribution < 1.29 is 4.79 Å². The number of benzene rings is 1. The van der Waals surface area contributed by atoms with E-state index in [0.717, 1.165) is 61.9 Å². The maximum absolute atomic E-state index is 13.0. The molecule has 0 bridgehead atoms. The lowest BCUT2D eigenvalue weighted by Gasteiger charge is -2.38. The van der Waals surface area contributed by atoms with Gasteiger partial charge in [-0.1, -0.05) is 25.1 Å². The van der Waals surface area contributed by atoms with Crippen LogP contribution in [0.3, 0.4) is 0 Å². The van der Waals surface area contributed by atoms with E-state index in [-0.39, 0.29) is 18.0 Å². The average Bonchev–Trinajstić information content (AvgIpc) is 2.74. The molecule has 0 radical (unpaired) electrons. The van der Waals surface area contributed by atoms with Gasteiger partial charge in [-0.05, 0) is 56.9 Å². The lowest BCUT2D eigenvalue weighted by atomic mass is 9.83. The van der Waals surface area contributed by atoms with Crippen LogP contribution in [0.1, 0.15) is 43.2 Å². The molecule has 2 aromatic rings. The molecule has 0 saturated carbocycles. The fourth-order valence-corrected chi connectivity index (χ4v) is 4.85. The van der Waals surface area contributed by atoms with Crippen molar-refractivity contribution in [2.45, 2.75) is 38.1 Å². The van der Waals surface area contributed by atoms with Gasteiger partial charge in [0.05, 0.1) is 5.52 Å². The van der Waals surface area contributed by atoms with Crippen molar-refractivity contribution >= 4 is 23.1 Å². The Morgan fingerprint density at radius 1 is 1.24 bits per heavy atom. The number of nitrogens with zero attached hydrogens (tertiary/aromatic N) is 3. The predicted octanol–water partition coefficient (Wildman–Crippen LogP) is 3.46. The Morgan fingerprint density at radius 2 is 2.03 bits per heavy atom. The zero-order valence-corrected chi connectivity index (χ0v) is 17.4. The van der Waals surface area contributed by atoms with E-state index in [1.54, 1.807) is 6.20 Å². The van der Waals surface area contributed by atoms with E-state index in [1.165, 1.54) is 11.8 Å².